The van der Waals surface area contributed by atoms with Gasteiger partial charge in [-0.1, -0.05) is 0 Å². The first-order valence-electron chi connectivity index (χ1n) is 3.54. The van der Waals surface area contributed by atoms with Crippen LogP contribution in [-0.2, 0) is 0 Å². The van der Waals surface area contributed by atoms with Crippen LogP contribution in [0.15, 0.2) is 35.2 Å². The summed E-state index contributed by atoms with van der Waals surface area (Å²) >= 11 is 1.57. The fourth-order valence-electron chi connectivity index (χ4n) is 0.987. The molecule has 2 nitrogen and oxygen atoms in total. The van der Waals surface area contributed by atoms with E-state index in [9.17, 15) is 0 Å². The van der Waals surface area contributed by atoms with Crippen LogP contribution in [-0.4, -0.2) is 10.1 Å². The summed E-state index contributed by atoms with van der Waals surface area (Å²) in [5, 5.41) is 11.0. The van der Waals surface area contributed by atoms with E-state index < -0.39 is 0 Å². The Morgan fingerprint density at radius 3 is 2.50 bits per heavy atom. The minimum absolute atomic E-state index is 0.286. The van der Waals surface area contributed by atoms with E-state index in [1.165, 1.54) is 0 Å². The summed E-state index contributed by atoms with van der Waals surface area (Å²) in [6, 6.07) is 7.03. The second-order valence-corrected chi connectivity index (χ2v) is 3.14. The minimum atomic E-state index is 0.286. The molecule has 0 saturated heterocycles. The molecule has 0 unspecified atom stereocenters. The van der Waals surface area contributed by atoms with Crippen LogP contribution in [0.3, 0.4) is 0 Å². The lowest BCUT2D eigenvalue weighted by molar-refractivity contribution is 0.475. The number of hydrogen-bond acceptors (Lipinski definition) is 3. The molecule has 0 atom stereocenters. The smallest absolute Gasteiger partial charge is 0.115 e. The summed E-state index contributed by atoms with van der Waals surface area (Å²) in [7, 11) is 0. The lowest BCUT2D eigenvalue weighted by atomic mass is 10.2. The zero-order valence-corrected chi connectivity index (χ0v) is 7.08. The molecule has 0 aliphatic heterocycles. The number of aromatic nitrogens is 1. The van der Waals surface area contributed by atoms with Gasteiger partial charge in [-0.2, -0.15) is 0 Å². The van der Waals surface area contributed by atoms with Gasteiger partial charge in [0.15, 0.2) is 0 Å². The molecule has 1 aromatic heterocycles. The average Bonchev–Trinajstić information content (AvgIpc) is 2.58. The van der Waals surface area contributed by atoms with Crippen LogP contribution in [0.25, 0.3) is 11.3 Å². The molecule has 2 aromatic rings. The standard InChI is InChI=1S/C9H7NOS/c11-8-3-1-7(2-4-8)9-5-12-6-10-9/h1-6,11H. The molecule has 2 rings (SSSR count). The Hall–Kier alpha value is -1.35. The van der Waals surface area contributed by atoms with Crippen molar-refractivity contribution in [1.82, 2.24) is 4.98 Å². The van der Waals surface area contributed by atoms with Gasteiger partial charge in [-0.25, -0.2) is 4.98 Å². The Balaban J connectivity index is 2.43. The molecule has 0 fully saturated rings. The predicted octanol–water partition coefficient (Wildman–Crippen LogP) is 2.52. The molecule has 1 N–H and O–H groups in total. The Bertz CT molecular complexity index is 353. The largest absolute Gasteiger partial charge is 0.508 e. The molecule has 0 aliphatic carbocycles. The number of aromatic hydroxyl groups is 1. The van der Waals surface area contributed by atoms with Gasteiger partial charge in [0.25, 0.3) is 0 Å². The zero-order valence-electron chi connectivity index (χ0n) is 6.27. The first kappa shape index (κ1) is 7.31. The number of phenolic OH excluding ortho intramolecular Hbond substituents is 1. The van der Waals surface area contributed by atoms with E-state index in [0.717, 1.165) is 11.3 Å². The molecule has 0 radical (unpaired) electrons. The van der Waals surface area contributed by atoms with Gasteiger partial charge < -0.3 is 5.11 Å². The van der Waals surface area contributed by atoms with E-state index in [1.807, 2.05) is 17.5 Å². The summed E-state index contributed by atoms with van der Waals surface area (Å²) < 4.78 is 0. The molecule has 60 valence electrons. The van der Waals surface area contributed by atoms with Crippen molar-refractivity contribution < 1.29 is 5.11 Å². The molecule has 0 bridgehead atoms. The molecule has 12 heavy (non-hydrogen) atoms. The van der Waals surface area contributed by atoms with Crippen molar-refractivity contribution in [2.24, 2.45) is 0 Å². The highest BCUT2D eigenvalue weighted by Gasteiger charge is 1.97. The topological polar surface area (TPSA) is 33.1 Å². The maximum absolute atomic E-state index is 9.04. The molecular formula is C9H7NOS. The van der Waals surface area contributed by atoms with Gasteiger partial charge in [-0.3, -0.25) is 0 Å². The number of hydrogen-bond donors (Lipinski definition) is 1. The molecule has 1 heterocycles. The quantitative estimate of drug-likeness (QED) is 0.726. The predicted molar refractivity (Wildman–Crippen MR) is 49.2 cm³/mol. The van der Waals surface area contributed by atoms with Gasteiger partial charge in [-0.15, -0.1) is 11.3 Å². The third-order valence-electron chi connectivity index (χ3n) is 1.60. The van der Waals surface area contributed by atoms with Crippen molar-refractivity contribution in [2.75, 3.05) is 0 Å². The average molecular weight is 177 g/mol. The molecule has 0 aliphatic rings. The fourth-order valence-corrected chi connectivity index (χ4v) is 1.55. The van der Waals surface area contributed by atoms with Gasteiger partial charge in [0, 0.05) is 10.9 Å². The first-order valence-corrected chi connectivity index (χ1v) is 4.48. The van der Waals surface area contributed by atoms with Crippen LogP contribution < -0.4 is 0 Å². The van der Waals surface area contributed by atoms with Gasteiger partial charge >= 0.3 is 0 Å². The first-order chi connectivity index (χ1) is 5.86. The van der Waals surface area contributed by atoms with Crippen molar-refractivity contribution in [1.29, 1.82) is 0 Å². The summed E-state index contributed by atoms with van der Waals surface area (Å²) in [4.78, 5) is 4.15. The minimum Gasteiger partial charge on any atom is -0.508 e. The zero-order chi connectivity index (χ0) is 8.39. The molecule has 0 amide bonds. The molecular weight excluding hydrogens is 170 g/mol. The van der Waals surface area contributed by atoms with Crippen molar-refractivity contribution in [3.8, 4) is 17.0 Å². The highest BCUT2D eigenvalue weighted by Crippen LogP contribution is 2.20. The molecule has 1 aromatic carbocycles. The summed E-state index contributed by atoms with van der Waals surface area (Å²) in [6.07, 6.45) is 0. The van der Waals surface area contributed by atoms with Crippen LogP contribution in [0.2, 0.25) is 0 Å². The Kier molecular flexibility index (Phi) is 1.80. The monoisotopic (exact) mass is 177 g/mol. The highest BCUT2D eigenvalue weighted by molar-refractivity contribution is 7.07. The number of phenols is 1. The van der Waals surface area contributed by atoms with Gasteiger partial charge in [0.1, 0.15) is 5.75 Å². The third kappa shape index (κ3) is 1.31. The summed E-state index contributed by atoms with van der Waals surface area (Å²) in [5.41, 5.74) is 3.79. The molecule has 3 heteroatoms. The van der Waals surface area contributed by atoms with E-state index >= 15 is 0 Å². The van der Waals surface area contributed by atoms with E-state index in [1.54, 1.807) is 29.0 Å². The molecule has 0 spiro atoms. The van der Waals surface area contributed by atoms with E-state index in [-0.39, 0.29) is 5.75 Å². The van der Waals surface area contributed by atoms with Gasteiger partial charge in [0.2, 0.25) is 0 Å². The van der Waals surface area contributed by atoms with Crippen molar-refractivity contribution in [3.05, 3.63) is 35.2 Å². The van der Waals surface area contributed by atoms with Crippen LogP contribution in [0, 0.1) is 0 Å². The number of thiazole rings is 1. The van der Waals surface area contributed by atoms with Crippen LogP contribution in [0.5, 0.6) is 5.75 Å². The Labute approximate surface area is 74.1 Å². The normalized spacial score (nSPS) is 10.0. The number of nitrogens with zero attached hydrogens (tertiary/aromatic N) is 1. The number of benzene rings is 1. The second-order valence-electron chi connectivity index (χ2n) is 2.42. The van der Waals surface area contributed by atoms with Crippen molar-refractivity contribution in [3.63, 3.8) is 0 Å². The van der Waals surface area contributed by atoms with E-state index in [0.29, 0.717) is 0 Å². The van der Waals surface area contributed by atoms with Crippen LogP contribution >= 0.6 is 11.3 Å². The third-order valence-corrected chi connectivity index (χ3v) is 2.18. The van der Waals surface area contributed by atoms with Gasteiger partial charge in [-0.05, 0) is 24.3 Å². The van der Waals surface area contributed by atoms with Crippen molar-refractivity contribution >= 4 is 11.3 Å². The SMILES string of the molecule is Oc1ccc(-c2cscn2)cc1. The summed E-state index contributed by atoms with van der Waals surface area (Å²) in [5.74, 6) is 0.286. The maximum Gasteiger partial charge on any atom is 0.115 e. The van der Waals surface area contributed by atoms with E-state index in [2.05, 4.69) is 4.98 Å². The lowest BCUT2D eigenvalue weighted by Gasteiger charge is -1.95. The van der Waals surface area contributed by atoms with Crippen LogP contribution in [0.4, 0.5) is 0 Å². The van der Waals surface area contributed by atoms with Crippen molar-refractivity contribution in [2.45, 2.75) is 0 Å². The molecule has 0 saturated carbocycles. The van der Waals surface area contributed by atoms with Gasteiger partial charge in [0.05, 0.1) is 11.2 Å². The Morgan fingerprint density at radius 2 is 1.92 bits per heavy atom. The maximum atomic E-state index is 9.04. The second kappa shape index (κ2) is 2.95. The highest BCUT2D eigenvalue weighted by atomic mass is 32.1. The number of rotatable bonds is 1. The van der Waals surface area contributed by atoms with E-state index in [4.69, 9.17) is 5.11 Å². The summed E-state index contributed by atoms with van der Waals surface area (Å²) in [6.45, 7) is 0. The van der Waals surface area contributed by atoms with Crippen LogP contribution in [0.1, 0.15) is 0 Å². The fraction of sp³-hybridized carbons (Fsp3) is 0. The Morgan fingerprint density at radius 1 is 1.17 bits per heavy atom. The lowest BCUT2D eigenvalue weighted by Crippen LogP contribution is -1.74.